The van der Waals surface area contributed by atoms with Crippen molar-refractivity contribution in [2.45, 2.75) is 58.9 Å². The van der Waals surface area contributed by atoms with E-state index in [2.05, 4.69) is 37.6 Å². The van der Waals surface area contributed by atoms with E-state index in [1.165, 1.54) is 11.8 Å². The second-order valence-corrected chi connectivity index (χ2v) is 10.4. The van der Waals surface area contributed by atoms with Crippen molar-refractivity contribution in [2.75, 3.05) is 18.0 Å². The smallest absolute Gasteiger partial charge is 0.266 e. The summed E-state index contributed by atoms with van der Waals surface area (Å²) in [5.74, 6) is -0.0965. The Morgan fingerprint density at radius 1 is 1.21 bits per heavy atom. The SMILES string of the molecule is CCCN1C(=O)/C(=C\c2cc3c(cc2F)N(CC)C(C)(C)CC3C)SC1=Nc1ccccc1. The number of benzene rings is 2. The summed E-state index contributed by atoms with van der Waals surface area (Å²) in [4.78, 5) is 22.3. The van der Waals surface area contributed by atoms with Gasteiger partial charge in [0.15, 0.2) is 5.17 Å². The average Bonchev–Trinajstić information content (AvgIpc) is 3.04. The number of anilines is 1. The minimum atomic E-state index is -0.298. The number of rotatable bonds is 5. The molecule has 0 bridgehead atoms. The third-order valence-corrected chi connectivity index (χ3v) is 7.43. The van der Waals surface area contributed by atoms with E-state index in [-0.39, 0.29) is 17.3 Å². The van der Waals surface area contributed by atoms with Crippen molar-refractivity contribution in [2.24, 2.45) is 4.99 Å². The summed E-state index contributed by atoms with van der Waals surface area (Å²) in [6, 6.07) is 13.2. The van der Waals surface area contributed by atoms with Crippen molar-refractivity contribution >= 4 is 40.3 Å². The van der Waals surface area contributed by atoms with Crippen molar-refractivity contribution in [1.82, 2.24) is 4.90 Å². The highest BCUT2D eigenvalue weighted by Gasteiger charge is 2.37. The summed E-state index contributed by atoms with van der Waals surface area (Å²) < 4.78 is 15.3. The normalized spacial score (nSPS) is 22.4. The molecular formula is C27H32FN3OS. The maximum Gasteiger partial charge on any atom is 0.266 e. The van der Waals surface area contributed by atoms with E-state index in [0.29, 0.717) is 28.1 Å². The first kappa shape index (κ1) is 23.6. The molecule has 174 valence electrons. The van der Waals surface area contributed by atoms with Gasteiger partial charge in [-0.1, -0.05) is 32.0 Å². The monoisotopic (exact) mass is 465 g/mol. The summed E-state index contributed by atoms with van der Waals surface area (Å²) in [7, 11) is 0. The second kappa shape index (κ2) is 9.34. The summed E-state index contributed by atoms with van der Waals surface area (Å²) in [5.41, 5.74) is 3.35. The number of amidine groups is 1. The third-order valence-electron chi connectivity index (χ3n) is 6.42. The fourth-order valence-electron chi connectivity index (χ4n) is 5.00. The van der Waals surface area contributed by atoms with Crippen molar-refractivity contribution < 1.29 is 9.18 Å². The van der Waals surface area contributed by atoms with Crippen LogP contribution in [0.4, 0.5) is 15.8 Å². The summed E-state index contributed by atoms with van der Waals surface area (Å²) >= 11 is 1.32. The molecule has 1 fully saturated rings. The molecule has 1 amide bonds. The number of hydrogen-bond acceptors (Lipinski definition) is 4. The van der Waals surface area contributed by atoms with E-state index >= 15 is 4.39 Å². The molecule has 1 unspecified atom stereocenters. The zero-order valence-corrected chi connectivity index (χ0v) is 20.9. The lowest BCUT2D eigenvalue weighted by Crippen LogP contribution is -2.48. The lowest BCUT2D eigenvalue weighted by atomic mass is 9.79. The summed E-state index contributed by atoms with van der Waals surface area (Å²) in [6.45, 7) is 12.2. The van der Waals surface area contributed by atoms with Crippen molar-refractivity contribution in [3.63, 3.8) is 0 Å². The van der Waals surface area contributed by atoms with E-state index in [4.69, 9.17) is 0 Å². The van der Waals surface area contributed by atoms with Crippen LogP contribution < -0.4 is 4.90 Å². The standard InChI is InChI=1S/C27H32FN3OS/c1-6-13-30-25(32)24(33-26(30)29-20-11-9-8-10-12-20)15-19-14-21-18(3)17-27(4,5)31(7-2)23(21)16-22(19)28/h8-12,14-16,18H,6-7,13,17H2,1-5H3/b24-15+,29-26?. The Morgan fingerprint density at radius 2 is 1.94 bits per heavy atom. The molecule has 2 aliphatic rings. The molecule has 2 aromatic rings. The number of carbonyl (C=O) groups is 1. The highest BCUT2D eigenvalue weighted by Crippen LogP contribution is 2.44. The van der Waals surface area contributed by atoms with E-state index in [9.17, 15) is 4.79 Å². The number of nitrogens with zero attached hydrogens (tertiary/aromatic N) is 3. The summed E-state index contributed by atoms with van der Waals surface area (Å²) in [6.07, 6.45) is 3.52. The minimum absolute atomic E-state index is 0.0195. The van der Waals surface area contributed by atoms with Crippen LogP contribution in [0.15, 0.2) is 52.4 Å². The maximum absolute atomic E-state index is 15.3. The highest BCUT2D eigenvalue weighted by atomic mass is 32.2. The van der Waals surface area contributed by atoms with Gasteiger partial charge in [-0.05, 0) is 87.2 Å². The Bertz CT molecular complexity index is 1110. The summed E-state index contributed by atoms with van der Waals surface area (Å²) in [5, 5.41) is 0.643. The van der Waals surface area contributed by atoms with Gasteiger partial charge >= 0.3 is 0 Å². The largest absolute Gasteiger partial charge is 0.366 e. The first-order chi connectivity index (χ1) is 15.7. The fraction of sp³-hybridized carbons (Fsp3) is 0.407. The molecule has 0 radical (unpaired) electrons. The first-order valence-corrected chi connectivity index (χ1v) is 12.5. The van der Waals surface area contributed by atoms with Crippen molar-refractivity contribution in [1.29, 1.82) is 0 Å². The highest BCUT2D eigenvalue weighted by molar-refractivity contribution is 8.18. The number of carbonyl (C=O) groups excluding carboxylic acids is 1. The number of thioether (sulfide) groups is 1. The van der Waals surface area contributed by atoms with Crippen LogP contribution in [0.25, 0.3) is 6.08 Å². The van der Waals surface area contributed by atoms with Crippen LogP contribution in [-0.2, 0) is 4.79 Å². The molecule has 6 heteroatoms. The Kier molecular flexibility index (Phi) is 6.66. The number of halogens is 1. The van der Waals surface area contributed by atoms with Crippen molar-refractivity contribution in [3.05, 3.63) is 64.3 Å². The van der Waals surface area contributed by atoms with Crippen LogP contribution in [0.3, 0.4) is 0 Å². The number of amides is 1. The Labute approximate surface area is 200 Å². The molecule has 0 aliphatic carbocycles. The van der Waals surface area contributed by atoms with Gasteiger partial charge in [0.2, 0.25) is 0 Å². The van der Waals surface area contributed by atoms with Crippen LogP contribution in [0.2, 0.25) is 0 Å². The molecule has 4 nitrogen and oxygen atoms in total. The van der Waals surface area contributed by atoms with Crippen LogP contribution in [-0.4, -0.2) is 34.6 Å². The van der Waals surface area contributed by atoms with Crippen LogP contribution in [0.1, 0.15) is 64.5 Å². The molecule has 33 heavy (non-hydrogen) atoms. The zero-order chi connectivity index (χ0) is 23.8. The lowest BCUT2D eigenvalue weighted by Gasteiger charge is -2.47. The van der Waals surface area contributed by atoms with E-state index in [0.717, 1.165) is 36.3 Å². The van der Waals surface area contributed by atoms with E-state index in [1.807, 2.05) is 43.3 Å². The minimum Gasteiger partial charge on any atom is -0.366 e. The molecule has 2 aliphatic heterocycles. The molecule has 4 rings (SSSR count). The molecule has 0 N–H and O–H groups in total. The topological polar surface area (TPSA) is 35.9 Å². The Balaban J connectivity index is 1.72. The maximum atomic E-state index is 15.3. The number of hydrogen-bond donors (Lipinski definition) is 0. The molecule has 2 aromatic carbocycles. The lowest BCUT2D eigenvalue weighted by molar-refractivity contribution is -0.122. The molecule has 2 heterocycles. The molecule has 0 saturated carbocycles. The van der Waals surface area contributed by atoms with E-state index in [1.54, 1.807) is 17.0 Å². The van der Waals surface area contributed by atoms with Gasteiger partial charge in [0.1, 0.15) is 5.82 Å². The molecule has 1 atom stereocenters. The van der Waals surface area contributed by atoms with Crippen LogP contribution in [0.5, 0.6) is 0 Å². The van der Waals surface area contributed by atoms with Crippen molar-refractivity contribution in [3.8, 4) is 0 Å². The predicted molar refractivity (Wildman–Crippen MR) is 138 cm³/mol. The predicted octanol–water partition coefficient (Wildman–Crippen LogP) is 6.95. The Morgan fingerprint density at radius 3 is 2.61 bits per heavy atom. The fourth-order valence-corrected chi connectivity index (χ4v) is 6.01. The van der Waals surface area contributed by atoms with Crippen LogP contribution in [0, 0.1) is 5.82 Å². The van der Waals surface area contributed by atoms with Gasteiger partial charge in [-0.25, -0.2) is 9.38 Å². The van der Waals surface area contributed by atoms with Crippen LogP contribution >= 0.6 is 11.8 Å². The van der Waals surface area contributed by atoms with Gasteiger partial charge < -0.3 is 4.90 Å². The number of para-hydroxylation sites is 1. The van der Waals surface area contributed by atoms with Gasteiger partial charge in [0.25, 0.3) is 5.91 Å². The van der Waals surface area contributed by atoms with Gasteiger partial charge in [0.05, 0.1) is 10.6 Å². The number of fused-ring (bicyclic) bond motifs is 1. The average molecular weight is 466 g/mol. The molecule has 1 saturated heterocycles. The van der Waals surface area contributed by atoms with Gasteiger partial charge in [-0.15, -0.1) is 0 Å². The third kappa shape index (κ3) is 4.58. The van der Waals surface area contributed by atoms with E-state index < -0.39 is 0 Å². The molecular weight excluding hydrogens is 433 g/mol. The van der Waals surface area contributed by atoms with Gasteiger partial charge in [-0.3, -0.25) is 9.69 Å². The van der Waals surface area contributed by atoms with Gasteiger partial charge in [-0.2, -0.15) is 0 Å². The Hall–Kier alpha value is -2.60. The second-order valence-electron chi connectivity index (χ2n) is 9.39. The number of aliphatic imine (C=N–C) groups is 1. The first-order valence-electron chi connectivity index (χ1n) is 11.7. The molecule has 0 spiro atoms. The quantitative estimate of drug-likeness (QED) is 0.448. The zero-order valence-electron chi connectivity index (χ0n) is 20.1. The van der Waals surface area contributed by atoms with Gasteiger partial charge in [0, 0.05) is 29.9 Å². The molecule has 0 aromatic heterocycles.